The second kappa shape index (κ2) is 4.35. The van der Waals surface area contributed by atoms with Crippen molar-refractivity contribution in [2.45, 2.75) is 25.7 Å². The number of rotatable bonds is 0. The zero-order valence-corrected chi connectivity index (χ0v) is 12.3. The molecule has 0 atom stereocenters. The van der Waals surface area contributed by atoms with Crippen LogP contribution in [0.25, 0.3) is 10.6 Å². The molecule has 0 nitrogen and oxygen atoms in total. The fraction of sp³-hybridized carbons (Fsp3) is 0.222. The summed E-state index contributed by atoms with van der Waals surface area (Å²) in [5, 5.41) is 5.67. The maximum Gasteiger partial charge on any atom is 0.00260 e. The van der Waals surface area contributed by atoms with Gasteiger partial charge >= 0.3 is 0 Å². The summed E-state index contributed by atoms with van der Waals surface area (Å²) in [5.74, 6) is 0. The van der Waals surface area contributed by atoms with Crippen LogP contribution in [0.15, 0.2) is 36.4 Å². The van der Waals surface area contributed by atoms with Crippen LogP contribution in [0.5, 0.6) is 0 Å². The van der Waals surface area contributed by atoms with Crippen LogP contribution >= 0.6 is 15.9 Å². The standard InChI is InChI=1S/C18H15Br/c19-18-7-3-6-14-16-9-8-12-4-1-2-5-13(12)15(16)10-11-17(14)18/h1-2,4-5,8,10-11H,3,6-7,9H2. The first-order chi connectivity index (χ1) is 9.34. The van der Waals surface area contributed by atoms with E-state index in [4.69, 9.17) is 0 Å². The first-order valence-corrected chi connectivity index (χ1v) is 7.73. The average molecular weight is 311 g/mol. The molecule has 4 rings (SSSR count). The molecule has 2 aromatic carbocycles. The summed E-state index contributed by atoms with van der Waals surface area (Å²) in [6, 6.07) is 13.4. The molecule has 1 heteroatoms. The van der Waals surface area contributed by atoms with E-state index in [1.807, 2.05) is 0 Å². The van der Waals surface area contributed by atoms with Crippen molar-refractivity contribution in [3.63, 3.8) is 0 Å². The fourth-order valence-electron chi connectivity index (χ4n) is 3.41. The Balaban J connectivity index is 2.24. The van der Waals surface area contributed by atoms with Crippen LogP contribution in [-0.2, 0) is 12.8 Å². The molecule has 0 bridgehead atoms. The van der Waals surface area contributed by atoms with Gasteiger partial charge in [0.1, 0.15) is 0 Å². The zero-order valence-electron chi connectivity index (χ0n) is 10.7. The predicted octanol–water partition coefficient (Wildman–Crippen LogP) is 3.15. The fourth-order valence-corrected chi connectivity index (χ4v) is 4.06. The lowest BCUT2D eigenvalue weighted by Crippen LogP contribution is -2.21. The molecule has 0 heterocycles. The third-order valence-corrected chi connectivity index (χ3v) is 5.15. The summed E-state index contributed by atoms with van der Waals surface area (Å²) in [6.45, 7) is 0. The molecule has 0 radical (unpaired) electrons. The summed E-state index contributed by atoms with van der Waals surface area (Å²) in [4.78, 5) is 0. The van der Waals surface area contributed by atoms with E-state index >= 15 is 0 Å². The summed E-state index contributed by atoms with van der Waals surface area (Å²) in [7, 11) is 0. The molecule has 0 fully saturated rings. The molecule has 2 aliphatic rings. The Bertz CT molecular complexity index is 875. The molecule has 0 amide bonds. The molecule has 2 aliphatic carbocycles. The topological polar surface area (TPSA) is 0 Å². The Morgan fingerprint density at radius 2 is 1.63 bits per heavy atom. The highest BCUT2D eigenvalue weighted by molar-refractivity contribution is 9.14. The Hall–Kier alpha value is -1.34. The number of hydrogen-bond acceptors (Lipinski definition) is 0. The quantitative estimate of drug-likeness (QED) is 0.701. The first kappa shape index (κ1) is 11.5. The van der Waals surface area contributed by atoms with Crippen molar-refractivity contribution in [1.29, 1.82) is 0 Å². The minimum atomic E-state index is 1.08. The van der Waals surface area contributed by atoms with Crippen molar-refractivity contribution in [3.05, 3.63) is 68.4 Å². The van der Waals surface area contributed by atoms with E-state index in [1.165, 1.54) is 44.6 Å². The van der Waals surface area contributed by atoms with Crippen LogP contribution in [-0.4, -0.2) is 0 Å². The van der Waals surface area contributed by atoms with E-state index < -0.39 is 0 Å². The molecule has 19 heavy (non-hydrogen) atoms. The summed E-state index contributed by atoms with van der Waals surface area (Å²) in [5.41, 5.74) is 3.12. The van der Waals surface area contributed by atoms with Crippen LogP contribution in [0.2, 0.25) is 0 Å². The largest absolute Gasteiger partial charge is 0.0722 e. The molecule has 0 N–H and O–H groups in total. The summed E-state index contributed by atoms with van der Waals surface area (Å²) in [6.07, 6.45) is 7.14. The van der Waals surface area contributed by atoms with E-state index in [0.717, 1.165) is 6.42 Å². The van der Waals surface area contributed by atoms with Gasteiger partial charge in [-0.05, 0) is 57.7 Å². The van der Waals surface area contributed by atoms with E-state index in [1.54, 1.807) is 11.1 Å². The monoisotopic (exact) mass is 310 g/mol. The van der Waals surface area contributed by atoms with Crippen molar-refractivity contribution in [1.82, 2.24) is 0 Å². The lowest BCUT2D eigenvalue weighted by Gasteiger charge is -2.18. The van der Waals surface area contributed by atoms with Crippen molar-refractivity contribution >= 4 is 26.5 Å². The molecular weight excluding hydrogens is 296 g/mol. The lowest BCUT2D eigenvalue weighted by molar-refractivity contribution is 0.821. The van der Waals surface area contributed by atoms with Gasteiger partial charge in [-0.25, -0.2) is 0 Å². The second-order valence-corrected chi connectivity index (χ2v) is 6.33. The van der Waals surface area contributed by atoms with Gasteiger partial charge in [0.2, 0.25) is 0 Å². The number of hydrogen-bond donors (Lipinski definition) is 0. The Labute approximate surface area is 120 Å². The van der Waals surface area contributed by atoms with Crippen LogP contribution in [0.3, 0.4) is 0 Å². The van der Waals surface area contributed by atoms with Gasteiger partial charge < -0.3 is 0 Å². The Kier molecular flexibility index (Phi) is 2.63. The van der Waals surface area contributed by atoms with Gasteiger partial charge in [0, 0.05) is 4.48 Å². The molecule has 0 spiro atoms. The summed E-state index contributed by atoms with van der Waals surface area (Å²) < 4.78 is 1.38. The highest BCUT2D eigenvalue weighted by atomic mass is 79.9. The highest BCUT2D eigenvalue weighted by Gasteiger charge is 2.13. The predicted molar refractivity (Wildman–Crippen MR) is 83.2 cm³/mol. The SMILES string of the molecule is BrC1=c2ccc3c(c2CCC1)CC=c1ccccc1=3. The number of benzene rings is 2. The third-order valence-electron chi connectivity index (χ3n) is 4.32. The van der Waals surface area contributed by atoms with Crippen LogP contribution < -0.4 is 10.4 Å². The highest BCUT2D eigenvalue weighted by Crippen LogP contribution is 2.23. The molecule has 0 aromatic heterocycles. The molecule has 0 aliphatic heterocycles. The number of fused-ring (bicyclic) bond motifs is 4. The van der Waals surface area contributed by atoms with Crippen molar-refractivity contribution in [2.24, 2.45) is 0 Å². The van der Waals surface area contributed by atoms with E-state index in [2.05, 4.69) is 58.4 Å². The van der Waals surface area contributed by atoms with Gasteiger partial charge in [0.25, 0.3) is 0 Å². The Morgan fingerprint density at radius 1 is 0.789 bits per heavy atom. The van der Waals surface area contributed by atoms with Crippen LogP contribution in [0.1, 0.15) is 24.0 Å². The second-order valence-electron chi connectivity index (χ2n) is 5.37. The molecule has 94 valence electrons. The van der Waals surface area contributed by atoms with Crippen molar-refractivity contribution in [2.75, 3.05) is 0 Å². The van der Waals surface area contributed by atoms with E-state index in [-0.39, 0.29) is 0 Å². The minimum absolute atomic E-state index is 1.08. The van der Waals surface area contributed by atoms with Gasteiger partial charge in [0.05, 0.1) is 0 Å². The molecular formula is C18H15Br. The van der Waals surface area contributed by atoms with Crippen LogP contribution in [0.4, 0.5) is 0 Å². The zero-order chi connectivity index (χ0) is 12.8. The first-order valence-electron chi connectivity index (χ1n) is 6.93. The van der Waals surface area contributed by atoms with Crippen molar-refractivity contribution < 1.29 is 0 Å². The van der Waals surface area contributed by atoms with Crippen LogP contribution in [0, 0.1) is 10.4 Å². The maximum absolute atomic E-state index is 3.75. The van der Waals surface area contributed by atoms with E-state index in [0.29, 0.717) is 0 Å². The van der Waals surface area contributed by atoms with E-state index in [9.17, 15) is 0 Å². The van der Waals surface area contributed by atoms with Gasteiger partial charge in [-0.15, -0.1) is 0 Å². The average Bonchev–Trinajstić information content (AvgIpc) is 2.47. The lowest BCUT2D eigenvalue weighted by atomic mass is 9.89. The van der Waals surface area contributed by atoms with Gasteiger partial charge in [0.15, 0.2) is 0 Å². The summed E-state index contributed by atoms with van der Waals surface area (Å²) >= 11 is 3.75. The van der Waals surface area contributed by atoms with Gasteiger partial charge in [-0.2, -0.15) is 0 Å². The Morgan fingerprint density at radius 3 is 2.58 bits per heavy atom. The third kappa shape index (κ3) is 1.72. The van der Waals surface area contributed by atoms with Crippen molar-refractivity contribution in [3.8, 4) is 0 Å². The molecule has 2 aromatic rings. The van der Waals surface area contributed by atoms with Gasteiger partial charge in [-0.3, -0.25) is 0 Å². The molecule has 0 saturated carbocycles. The number of halogens is 1. The molecule has 0 saturated heterocycles. The smallest absolute Gasteiger partial charge is 0.00260 e. The maximum atomic E-state index is 3.75. The molecule has 0 unspecified atom stereocenters. The minimum Gasteiger partial charge on any atom is -0.0722 e. The normalized spacial score (nSPS) is 16.2. The van der Waals surface area contributed by atoms with Gasteiger partial charge in [-0.1, -0.05) is 58.4 Å².